The quantitative estimate of drug-likeness (QED) is 0.0552. The second-order valence-corrected chi connectivity index (χ2v) is 13.2. The fourth-order valence-electron chi connectivity index (χ4n) is 7.67. The Morgan fingerprint density at radius 1 is 0.943 bits per heavy atom. The van der Waals surface area contributed by atoms with Gasteiger partial charge in [0.15, 0.2) is 0 Å². The molecule has 5 aromatic rings. The topological polar surface area (TPSA) is 163 Å². The van der Waals surface area contributed by atoms with Crippen molar-refractivity contribution in [2.45, 2.75) is 25.4 Å². The number of imide groups is 1. The number of ether oxygens (including phenoxy) is 1. The molecule has 53 heavy (non-hydrogen) atoms. The van der Waals surface area contributed by atoms with Crippen LogP contribution in [0.1, 0.15) is 30.5 Å². The Hall–Kier alpha value is -6.17. The summed E-state index contributed by atoms with van der Waals surface area (Å²) < 4.78 is 6.13. The lowest BCUT2D eigenvalue weighted by molar-refractivity contribution is -0.384. The number of non-ortho nitro benzene ring substituents is 1. The van der Waals surface area contributed by atoms with Crippen LogP contribution in [0.25, 0.3) is 22.4 Å². The molecule has 0 unspecified atom stereocenters. The largest absolute Gasteiger partial charge is 0.507 e. The number of phenolic OH excluding ortho intramolecular Hbond substituents is 1. The van der Waals surface area contributed by atoms with Gasteiger partial charge >= 0.3 is 0 Å². The molecule has 2 amide bonds. The van der Waals surface area contributed by atoms with Crippen molar-refractivity contribution in [1.29, 1.82) is 0 Å². The molecule has 4 atom stereocenters. The van der Waals surface area contributed by atoms with E-state index in [1.165, 1.54) is 24.3 Å². The van der Waals surface area contributed by atoms with Gasteiger partial charge in [0.25, 0.3) is 5.69 Å². The standard InChI is InChI=1S/C42H37N3O8/c46-24-35-39(38(48)19-17-27(36-15-6-7-20-43-36)21-26-16-18-37(47)33-14-5-4-13-32(26)33)28(25-53-31-11-2-1-3-12-31)22-34-40(35)42(50)44(41(34)49)29-9-8-10-30(23-29)45(51)52/h1-16,18,20-21,23,34-35,38,40,46-48H,17,19,22,24-25H2/b27-21-/t34-,35+,38-,40-/m1/s1. The van der Waals surface area contributed by atoms with Crippen LogP contribution in [0, 0.1) is 27.9 Å². The van der Waals surface area contributed by atoms with Gasteiger partial charge in [0.1, 0.15) is 18.1 Å². The molecule has 0 saturated carbocycles. The number of allylic oxidation sites excluding steroid dienone is 1. The summed E-state index contributed by atoms with van der Waals surface area (Å²) in [7, 11) is 0. The lowest BCUT2D eigenvalue weighted by Gasteiger charge is -2.36. The molecule has 2 heterocycles. The zero-order chi connectivity index (χ0) is 37.1. The molecule has 11 nitrogen and oxygen atoms in total. The molecule has 7 rings (SSSR count). The first-order valence-corrected chi connectivity index (χ1v) is 17.4. The third kappa shape index (κ3) is 7.04. The summed E-state index contributed by atoms with van der Waals surface area (Å²) in [5.74, 6) is -3.14. The van der Waals surface area contributed by atoms with Gasteiger partial charge in [-0.05, 0) is 89.4 Å². The number of hydrogen-bond acceptors (Lipinski definition) is 9. The number of aliphatic hydroxyl groups excluding tert-OH is 2. The van der Waals surface area contributed by atoms with Crippen LogP contribution in [-0.4, -0.2) is 56.4 Å². The van der Waals surface area contributed by atoms with E-state index in [1.54, 1.807) is 24.4 Å². The van der Waals surface area contributed by atoms with E-state index in [1.807, 2.05) is 72.8 Å². The first kappa shape index (κ1) is 35.2. The number of para-hydroxylation sites is 1. The van der Waals surface area contributed by atoms with Crippen LogP contribution in [0.5, 0.6) is 11.5 Å². The van der Waals surface area contributed by atoms with Crippen molar-refractivity contribution in [1.82, 2.24) is 4.98 Å². The molecule has 268 valence electrons. The SMILES string of the molecule is O=C1[C@@H]2[C@@H](CC(COc3ccccc3)=C([C@H](O)CC/C(=C/c3ccc(O)c4ccccc34)c3ccccn3)[C@@H]2CO)C(=O)N1c1cccc([N+](=O)[O-])c1. The van der Waals surface area contributed by atoms with Crippen molar-refractivity contribution in [3.63, 3.8) is 0 Å². The highest BCUT2D eigenvalue weighted by atomic mass is 16.6. The number of aliphatic hydroxyl groups is 2. The molecule has 11 heteroatoms. The summed E-state index contributed by atoms with van der Waals surface area (Å²) in [6.45, 7) is -0.510. The van der Waals surface area contributed by atoms with E-state index >= 15 is 0 Å². The maximum atomic E-state index is 14.1. The van der Waals surface area contributed by atoms with E-state index in [0.717, 1.165) is 21.4 Å². The zero-order valence-electron chi connectivity index (χ0n) is 28.6. The van der Waals surface area contributed by atoms with E-state index in [2.05, 4.69) is 4.98 Å². The molecular weight excluding hydrogens is 674 g/mol. The highest BCUT2D eigenvalue weighted by Crippen LogP contribution is 2.48. The van der Waals surface area contributed by atoms with Gasteiger partial charge < -0.3 is 20.1 Å². The van der Waals surface area contributed by atoms with Gasteiger partial charge in [0.2, 0.25) is 11.8 Å². The number of anilines is 1. The molecule has 0 spiro atoms. The van der Waals surface area contributed by atoms with Gasteiger partial charge in [-0.1, -0.05) is 60.7 Å². The Bertz CT molecular complexity index is 2240. The van der Waals surface area contributed by atoms with E-state index in [9.17, 15) is 35.0 Å². The minimum Gasteiger partial charge on any atom is -0.507 e. The van der Waals surface area contributed by atoms with Gasteiger partial charge in [-0.15, -0.1) is 0 Å². The van der Waals surface area contributed by atoms with Crippen molar-refractivity contribution in [2.24, 2.45) is 17.8 Å². The minimum atomic E-state index is -1.14. The second kappa shape index (κ2) is 15.2. The summed E-state index contributed by atoms with van der Waals surface area (Å²) in [4.78, 5) is 44.5. The van der Waals surface area contributed by atoms with Crippen LogP contribution < -0.4 is 9.64 Å². The minimum absolute atomic E-state index is 0.0108. The van der Waals surface area contributed by atoms with Gasteiger partial charge in [0, 0.05) is 29.6 Å². The lowest BCUT2D eigenvalue weighted by Crippen LogP contribution is -2.40. The van der Waals surface area contributed by atoms with Crippen molar-refractivity contribution in [3.8, 4) is 11.5 Å². The molecule has 1 aromatic heterocycles. The van der Waals surface area contributed by atoms with Gasteiger partial charge in [-0.2, -0.15) is 0 Å². The maximum absolute atomic E-state index is 14.1. The van der Waals surface area contributed by atoms with Crippen LogP contribution in [0.15, 0.2) is 127 Å². The fraction of sp³-hybridized carbons (Fsp3) is 0.214. The van der Waals surface area contributed by atoms with Crippen molar-refractivity contribution < 1.29 is 34.6 Å². The normalized spacial score (nSPS) is 19.4. The van der Waals surface area contributed by atoms with E-state index in [0.29, 0.717) is 34.4 Å². The third-order valence-electron chi connectivity index (χ3n) is 10.1. The fourth-order valence-corrected chi connectivity index (χ4v) is 7.67. The van der Waals surface area contributed by atoms with Gasteiger partial charge in [0.05, 0.1) is 40.9 Å². The average Bonchev–Trinajstić information content (AvgIpc) is 3.44. The average molecular weight is 712 g/mol. The number of benzene rings is 4. The Balaban J connectivity index is 1.24. The molecule has 1 saturated heterocycles. The molecule has 0 radical (unpaired) electrons. The van der Waals surface area contributed by atoms with E-state index in [4.69, 9.17) is 4.74 Å². The van der Waals surface area contributed by atoms with Crippen LogP contribution in [0.3, 0.4) is 0 Å². The first-order chi connectivity index (χ1) is 25.7. The second-order valence-electron chi connectivity index (χ2n) is 13.2. The van der Waals surface area contributed by atoms with Crippen molar-refractivity contribution in [2.75, 3.05) is 18.1 Å². The Labute approximate surface area is 305 Å². The van der Waals surface area contributed by atoms with Crippen molar-refractivity contribution in [3.05, 3.63) is 148 Å². The molecule has 3 N–H and O–H groups in total. The molecule has 1 aliphatic heterocycles. The third-order valence-corrected chi connectivity index (χ3v) is 10.1. The molecule has 1 fully saturated rings. The zero-order valence-corrected chi connectivity index (χ0v) is 28.6. The van der Waals surface area contributed by atoms with Crippen LogP contribution in [0.4, 0.5) is 11.4 Å². The maximum Gasteiger partial charge on any atom is 0.271 e. The number of amides is 2. The number of fused-ring (bicyclic) bond motifs is 2. The van der Waals surface area contributed by atoms with Gasteiger partial charge in [-0.3, -0.25) is 24.7 Å². The summed E-state index contributed by atoms with van der Waals surface area (Å²) in [6, 6.07) is 31.0. The number of aromatic hydroxyl groups is 1. The number of nitro benzene ring substituents is 1. The highest BCUT2D eigenvalue weighted by Gasteiger charge is 2.55. The number of nitrogens with zero attached hydrogens (tertiary/aromatic N) is 3. The smallest absolute Gasteiger partial charge is 0.271 e. The predicted octanol–water partition coefficient (Wildman–Crippen LogP) is 6.72. The number of nitro groups is 1. The van der Waals surface area contributed by atoms with Crippen LogP contribution in [0.2, 0.25) is 0 Å². The summed E-state index contributed by atoms with van der Waals surface area (Å²) in [5.41, 5.74) is 3.25. The molecule has 2 aliphatic rings. The monoisotopic (exact) mass is 711 g/mol. The Kier molecular flexibility index (Phi) is 10.1. The summed E-state index contributed by atoms with van der Waals surface area (Å²) in [6.07, 6.45) is 3.17. The summed E-state index contributed by atoms with van der Waals surface area (Å²) in [5, 5.41) is 46.6. The molecule has 1 aliphatic carbocycles. The number of pyridine rings is 1. The Morgan fingerprint density at radius 2 is 1.70 bits per heavy atom. The number of aromatic nitrogens is 1. The van der Waals surface area contributed by atoms with Gasteiger partial charge in [-0.25, -0.2) is 4.90 Å². The number of rotatable bonds is 12. The highest BCUT2D eigenvalue weighted by molar-refractivity contribution is 6.22. The van der Waals surface area contributed by atoms with Crippen LogP contribution in [-0.2, 0) is 9.59 Å². The number of phenols is 1. The predicted molar refractivity (Wildman–Crippen MR) is 200 cm³/mol. The van der Waals surface area contributed by atoms with E-state index < -0.39 is 47.2 Å². The lowest BCUT2D eigenvalue weighted by atomic mass is 9.68. The molecule has 0 bridgehead atoms. The molecule has 4 aromatic carbocycles. The number of carbonyl (C=O) groups excluding carboxylic acids is 2. The van der Waals surface area contributed by atoms with Crippen molar-refractivity contribution >= 4 is 45.6 Å². The summed E-state index contributed by atoms with van der Waals surface area (Å²) >= 11 is 0. The number of carbonyl (C=O) groups is 2. The Morgan fingerprint density at radius 3 is 2.43 bits per heavy atom. The van der Waals surface area contributed by atoms with Crippen LogP contribution >= 0.6 is 0 Å². The molecular formula is C42H37N3O8. The number of hydrogen-bond donors (Lipinski definition) is 3. The van der Waals surface area contributed by atoms with E-state index in [-0.39, 0.29) is 36.6 Å². The first-order valence-electron chi connectivity index (χ1n) is 17.4.